The Morgan fingerprint density at radius 1 is 1.19 bits per heavy atom. The predicted octanol–water partition coefficient (Wildman–Crippen LogP) is 2.67. The van der Waals surface area contributed by atoms with Crippen LogP contribution < -0.4 is 4.94 Å². The fraction of sp³-hybridized carbons (Fsp3) is 0.591. The number of carbonyl (C=O) groups excluding carboxylic acids is 1. The molecular weight excluding hydrogens is 419 g/mol. The van der Waals surface area contributed by atoms with E-state index in [9.17, 15) is 14.4 Å². The molecule has 2 saturated heterocycles. The number of aliphatic hydroxyl groups is 1. The average Bonchev–Trinajstić information content (AvgIpc) is 3.31. The Labute approximate surface area is 186 Å². The van der Waals surface area contributed by atoms with Gasteiger partial charge in [-0.1, -0.05) is 17.3 Å². The molecule has 2 unspecified atom stereocenters. The molecule has 2 aliphatic heterocycles. The van der Waals surface area contributed by atoms with Gasteiger partial charge in [0.15, 0.2) is 11.6 Å². The minimum atomic E-state index is -0.346. The summed E-state index contributed by atoms with van der Waals surface area (Å²) in [5, 5.41) is 13.8. The lowest BCUT2D eigenvalue weighted by Gasteiger charge is -2.40. The highest BCUT2D eigenvalue weighted by Gasteiger charge is 2.36. The van der Waals surface area contributed by atoms with Gasteiger partial charge in [0.1, 0.15) is 0 Å². The monoisotopic (exact) mass is 448 g/mol. The molecule has 4 rings (SSSR count). The average molecular weight is 448 g/mol. The second-order valence-corrected chi connectivity index (χ2v) is 8.47. The summed E-state index contributed by atoms with van der Waals surface area (Å²) < 4.78 is 23.1. The molecule has 174 valence electrons. The summed E-state index contributed by atoms with van der Waals surface area (Å²) in [4.78, 5) is 25.2. The molecule has 0 bridgehead atoms. The van der Waals surface area contributed by atoms with E-state index < -0.39 is 0 Å². The van der Waals surface area contributed by atoms with Crippen LogP contribution in [0.1, 0.15) is 48.4 Å². The Bertz CT molecular complexity index is 885. The van der Waals surface area contributed by atoms with Crippen molar-refractivity contribution in [1.82, 2.24) is 19.9 Å². The molecule has 2 fully saturated rings. The minimum Gasteiger partial charge on any atom is -0.393 e. The Balaban J connectivity index is 1.54. The Morgan fingerprint density at radius 3 is 2.59 bits per heavy atom. The number of aliphatic hydroxyl groups excluding tert-OH is 1. The Morgan fingerprint density at radius 2 is 1.91 bits per heavy atom. The quantitative estimate of drug-likeness (QED) is 0.725. The number of benzene rings is 1. The second-order valence-electron chi connectivity index (χ2n) is 8.47. The van der Waals surface area contributed by atoms with Gasteiger partial charge >= 0.3 is 6.03 Å². The van der Waals surface area contributed by atoms with Crippen molar-refractivity contribution in [2.75, 3.05) is 39.9 Å². The highest BCUT2D eigenvalue weighted by Crippen LogP contribution is 2.36. The first-order valence-electron chi connectivity index (χ1n) is 11.0. The van der Waals surface area contributed by atoms with Crippen LogP contribution in [-0.2, 0) is 11.2 Å². The first kappa shape index (κ1) is 22.5. The largest absolute Gasteiger partial charge is 0.393 e. The van der Waals surface area contributed by atoms with Gasteiger partial charge in [-0.3, -0.25) is 4.94 Å². The van der Waals surface area contributed by atoms with Crippen molar-refractivity contribution in [2.45, 2.75) is 43.6 Å². The summed E-state index contributed by atoms with van der Waals surface area (Å²) >= 11 is 0. The lowest BCUT2D eigenvalue weighted by molar-refractivity contribution is -0.00623. The van der Waals surface area contributed by atoms with Gasteiger partial charge < -0.3 is 24.2 Å². The molecule has 0 radical (unpaired) electrons. The van der Waals surface area contributed by atoms with Gasteiger partial charge in [-0.05, 0) is 37.0 Å². The number of rotatable bonds is 6. The van der Waals surface area contributed by atoms with Gasteiger partial charge in [0, 0.05) is 50.2 Å². The third-order valence-electron chi connectivity index (χ3n) is 6.26. The van der Waals surface area contributed by atoms with Crippen molar-refractivity contribution in [1.29, 1.82) is 0 Å². The summed E-state index contributed by atoms with van der Waals surface area (Å²) in [6.45, 7) is 2.59. The predicted molar refractivity (Wildman–Crippen MR) is 112 cm³/mol. The fourth-order valence-electron chi connectivity index (χ4n) is 4.45. The molecule has 0 saturated carbocycles. The normalized spacial score (nSPS) is 22.2. The molecule has 2 aromatic rings. The Kier molecular flexibility index (Phi) is 7.21. The highest BCUT2D eigenvalue weighted by molar-refractivity contribution is 5.75. The van der Waals surface area contributed by atoms with Crippen molar-refractivity contribution >= 4 is 6.03 Å². The molecule has 1 N–H and O–H groups in total. The van der Waals surface area contributed by atoms with Crippen molar-refractivity contribution in [2.24, 2.45) is 0 Å². The van der Waals surface area contributed by atoms with Crippen LogP contribution in [0.4, 0.5) is 9.32 Å². The molecule has 2 aliphatic rings. The number of urea groups is 1. The lowest BCUT2D eigenvalue weighted by Crippen LogP contribution is -2.51. The van der Waals surface area contributed by atoms with Gasteiger partial charge in [0.05, 0.1) is 18.6 Å². The van der Waals surface area contributed by atoms with Crippen LogP contribution in [0.3, 0.4) is 0 Å². The number of nitrogens with zero attached hydrogens (tertiary/aromatic N) is 4. The maximum absolute atomic E-state index is 13.3. The first-order chi connectivity index (χ1) is 15.6. The number of hydrogen-bond acceptors (Lipinski definition) is 7. The number of methoxy groups -OCH3 is 1. The molecule has 9 nitrogen and oxygen atoms in total. The molecule has 0 spiro atoms. The van der Waals surface area contributed by atoms with E-state index in [-0.39, 0.29) is 29.7 Å². The summed E-state index contributed by atoms with van der Waals surface area (Å²) in [6, 6.07) is 6.74. The van der Waals surface area contributed by atoms with Gasteiger partial charge in [-0.15, -0.1) is 0 Å². The van der Waals surface area contributed by atoms with Crippen LogP contribution in [0.25, 0.3) is 0 Å². The number of halogens is 1. The molecule has 0 aliphatic carbocycles. The van der Waals surface area contributed by atoms with Crippen molar-refractivity contribution in [3.8, 4) is 5.75 Å². The standard InChI is InChI=1S/C22H29FN4O5/c1-30-11-8-20-24-21(32-25-20)17-12-16(15-2-4-19(31-23)5-3-15)13-27(14-17)22(29)26-9-6-18(28)7-10-26/h2-5,16-18,28H,6-14H2,1H3. The number of carbonyl (C=O) groups is 1. The molecular formula is C22H29FN4O5. The number of likely N-dealkylation sites (tertiary alicyclic amines) is 2. The van der Waals surface area contributed by atoms with Crippen LogP contribution in [0.15, 0.2) is 28.8 Å². The van der Waals surface area contributed by atoms with E-state index >= 15 is 0 Å². The number of amides is 2. The van der Waals surface area contributed by atoms with Crippen LogP contribution in [-0.4, -0.2) is 77.1 Å². The van der Waals surface area contributed by atoms with E-state index in [1.807, 2.05) is 17.0 Å². The van der Waals surface area contributed by atoms with E-state index in [0.29, 0.717) is 63.8 Å². The smallest absolute Gasteiger partial charge is 0.320 e. The van der Waals surface area contributed by atoms with Crippen LogP contribution in [0.2, 0.25) is 0 Å². The zero-order valence-corrected chi connectivity index (χ0v) is 18.2. The SMILES string of the molecule is COCCc1noc(C2CC(c3ccc(OF)cc3)CN(C(=O)N3CCC(O)CC3)C2)n1. The summed E-state index contributed by atoms with van der Waals surface area (Å²) in [5.41, 5.74) is 0.987. The van der Waals surface area contributed by atoms with E-state index in [1.165, 1.54) is 0 Å². The van der Waals surface area contributed by atoms with Gasteiger partial charge in [0.25, 0.3) is 0 Å². The van der Waals surface area contributed by atoms with Crippen molar-refractivity contribution in [3.05, 3.63) is 41.5 Å². The molecule has 2 amide bonds. The number of ether oxygens (including phenoxy) is 1. The van der Waals surface area contributed by atoms with Crippen LogP contribution in [0, 0.1) is 0 Å². The number of hydrogen-bond donors (Lipinski definition) is 1. The second kappa shape index (κ2) is 10.3. The van der Waals surface area contributed by atoms with E-state index in [1.54, 1.807) is 24.1 Å². The molecule has 10 heteroatoms. The molecule has 1 aromatic heterocycles. The lowest BCUT2D eigenvalue weighted by atomic mass is 9.84. The summed E-state index contributed by atoms with van der Waals surface area (Å²) in [6.07, 6.45) is 2.11. The molecule has 1 aromatic carbocycles. The van der Waals surface area contributed by atoms with E-state index in [0.717, 1.165) is 12.0 Å². The third kappa shape index (κ3) is 5.18. The van der Waals surface area contributed by atoms with Gasteiger partial charge in [0.2, 0.25) is 5.89 Å². The Hall–Kier alpha value is -2.72. The molecule has 32 heavy (non-hydrogen) atoms. The van der Waals surface area contributed by atoms with E-state index in [4.69, 9.17) is 9.26 Å². The zero-order valence-electron chi connectivity index (χ0n) is 18.2. The van der Waals surface area contributed by atoms with Crippen LogP contribution in [0.5, 0.6) is 5.75 Å². The maximum Gasteiger partial charge on any atom is 0.320 e. The molecule has 2 atom stereocenters. The van der Waals surface area contributed by atoms with E-state index in [2.05, 4.69) is 15.1 Å². The first-order valence-corrected chi connectivity index (χ1v) is 11.0. The van der Waals surface area contributed by atoms with Crippen molar-refractivity contribution in [3.63, 3.8) is 0 Å². The van der Waals surface area contributed by atoms with Crippen LogP contribution >= 0.6 is 0 Å². The summed E-state index contributed by atoms with van der Waals surface area (Å²) in [7, 11) is 1.62. The van der Waals surface area contributed by atoms with Crippen molar-refractivity contribution < 1.29 is 28.6 Å². The maximum atomic E-state index is 13.3. The third-order valence-corrected chi connectivity index (χ3v) is 6.26. The highest BCUT2D eigenvalue weighted by atomic mass is 19.3. The van der Waals surface area contributed by atoms with Gasteiger partial charge in [-0.2, -0.15) is 4.98 Å². The zero-order chi connectivity index (χ0) is 22.5. The summed E-state index contributed by atoms with van der Waals surface area (Å²) in [5.74, 6) is 1.14. The number of piperidine rings is 2. The topological polar surface area (TPSA) is 101 Å². The fourth-order valence-corrected chi connectivity index (χ4v) is 4.45. The molecule has 3 heterocycles. The number of aromatic nitrogens is 2. The minimum absolute atomic E-state index is 0.0241. The van der Waals surface area contributed by atoms with Gasteiger partial charge in [-0.25, -0.2) is 4.79 Å².